The quantitative estimate of drug-likeness (QED) is 0.859. The van der Waals surface area contributed by atoms with E-state index in [0.29, 0.717) is 5.92 Å². The van der Waals surface area contributed by atoms with Crippen LogP contribution in [0.2, 0.25) is 0 Å². The highest BCUT2D eigenvalue weighted by molar-refractivity contribution is 7.89. The predicted molar refractivity (Wildman–Crippen MR) is 88.1 cm³/mol. The van der Waals surface area contributed by atoms with Crippen LogP contribution in [0.5, 0.6) is 0 Å². The molecule has 0 saturated heterocycles. The van der Waals surface area contributed by atoms with Crippen molar-refractivity contribution in [2.75, 3.05) is 0 Å². The van der Waals surface area contributed by atoms with E-state index >= 15 is 0 Å². The summed E-state index contributed by atoms with van der Waals surface area (Å²) in [6.07, 6.45) is 5.51. The van der Waals surface area contributed by atoms with Crippen molar-refractivity contribution in [3.05, 3.63) is 29.8 Å². The third-order valence-electron chi connectivity index (χ3n) is 5.44. The molecular weight excluding hydrogens is 312 g/mol. The number of primary sulfonamides is 1. The number of carbonyl (C=O) groups is 1. The molecule has 2 aliphatic rings. The Morgan fingerprint density at radius 3 is 2.48 bits per heavy atom. The van der Waals surface area contributed by atoms with E-state index < -0.39 is 10.0 Å². The molecule has 0 spiro atoms. The first-order valence-electron chi connectivity index (χ1n) is 8.24. The molecule has 5 nitrogen and oxygen atoms in total. The Morgan fingerprint density at radius 1 is 1.26 bits per heavy atom. The van der Waals surface area contributed by atoms with Crippen LogP contribution in [0.25, 0.3) is 0 Å². The summed E-state index contributed by atoms with van der Waals surface area (Å²) in [6.45, 7) is 2.10. The molecule has 1 amide bonds. The number of nitrogens with two attached hydrogens (primary N) is 1. The van der Waals surface area contributed by atoms with Crippen LogP contribution in [-0.4, -0.2) is 20.4 Å². The Morgan fingerprint density at radius 2 is 1.96 bits per heavy atom. The van der Waals surface area contributed by atoms with Crippen LogP contribution < -0.4 is 10.5 Å². The van der Waals surface area contributed by atoms with Gasteiger partial charge in [-0.1, -0.05) is 18.6 Å². The minimum Gasteiger partial charge on any atom is -0.353 e. The predicted octanol–water partition coefficient (Wildman–Crippen LogP) is 1.82. The van der Waals surface area contributed by atoms with Gasteiger partial charge in [-0.2, -0.15) is 0 Å². The molecule has 1 aromatic carbocycles. The fourth-order valence-corrected chi connectivity index (χ4v) is 4.82. The number of carbonyl (C=O) groups excluding carboxylic acids is 1. The van der Waals surface area contributed by atoms with Gasteiger partial charge in [0.15, 0.2) is 0 Å². The zero-order valence-electron chi connectivity index (χ0n) is 13.4. The summed E-state index contributed by atoms with van der Waals surface area (Å²) in [5.74, 6) is 2.26. The Kier molecular flexibility index (Phi) is 4.47. The van der Waals surface area contributed by atoms with Gasteiger partial charge in [0, 0.05) is 6.04 Å². The Bertz CT molecular complexity index is 684. The molecule has 4 unspecified atom stereocenters. The molecular formula is C17H24N2O3S. The molecule has 2 saturated carbocycles. The highest BCUT2D eigenvalue weighted by atomic mass is 32.2. The van der Waals surface area contributed by atoms with Crippen molar-refractivity contribution in [3.63, 3.8) is 0 Å². The third-order valence-corrected chi connectivity index (χ3v) is 6.37. The summed E-state index contributed by atoms with van der Waals surface area (Å²) < 4.78 is 22.4. The Balaban J connectivity index is 1.55. The summed E-state index contributed by atoms with van der Waals surface area (Å²) in [4.78, 5) is 12.3. The Hall–Kier alpha value is -1.40. The van der Waals surface area contributed by atoms with Crippen molar-refractivity contribution in [1.82, 2.24) is 5.32 Å². The molecule has 3 rings (SSSR count). The number of amides is 1. The number of nitrogens with one attached hydrogen (secondary N) is 1. The van der Waals surface area contributed by atoms with Crippen LogP contribution in [-0.2, 0) is 21.2 Å². The van der Waals surface area contributed by atoms with Crippen molar-refractivity contribution in [1.29, 1.82) is 0 Å². The standard InChI is InChI=1S/C17H24N2O3S/c1-11(16-9-13-2-5-14(16)8-13)19-17(20)10-12-3-6-15(7-4-12)23(18,21)22/h3-4,6-7,11,13-14,16H,2,5,8-10H2,1H3,(H,19,20)(H2,18,21,22). The maximum atomic E-state index is 12.2. The number of fused-ring (bicyclic) bond motifs is 2. The lowest BCUT2D eigenvalue weighted by atomic mass is 9.84. The summed E-state index contributed by atoms with van der Waals surface area (Å²) in [6, 6.07) is 6.37. The van der Waals surface area contributed by atoms with Crippen LogP contribution in [0.3, 0.4) is 0 Å². The van der Waals surface area contributed by atoms with Crippen LogP contribution in [0.4, 0.5) is 0 Å². The van der Waals surface area contributed by atoms with Crippen LogP contribution in [0.15, 0.2) is 29.2 Å². The SMILES string of the molecule is CC(NC(=O)Cc1ccc(S(N)(=O)=O)cc1)C1CC2CCC1C2. The van der Waals surface area contributed by atoms with E-state index in [9.17, 15) is 13.2 Å². The maximum Gasteiger partial charge on any atom is 0.238 e. The van der Waals surface area contributed by atoms with Crippen molar-refractivity contribution in [2.45, 2.75) is 50.0 Å². The molecule has 2 fully saturated rings. The van der Waals surface area contributed by atoms with Crippen molar-refractivity contribution >= 4 is 15.9 Å². The van der Waals surface area contributed by atoms with E-state index in [1.54, 1.807) is 12.1 Å². The third kappa shape index (κ3) is 3.75. The lowest BCUT2D eigenvalue weighted by molar-refractivity contribution is -0.121. The van der Waals surface area contributed by atoms with Crippen LogP contribution >= 0.6 is 0 Å². The first kappa shape index (κ1) is 16.5. The molecule has 2 aliphatic carbocycles. The van der Waals surface area contributed by atoms with Gasteiger partial charge in [-0.15, -0.1) is 0 Å². The van der Waals surface area contributed by atoms with Crippen molar-refractivity contribution < 1.29 is 13.2 Å². The van der Waals surface area contributed by atoms with Crippen LogP contribution in [0, 0.1) is 17.8 Å². The fourth-order valence-electron chi connectivity index (χ4n) is 4.30. The zero-order valence-corrected chi connectivity index (χ0v) is 14.2. The molecule has 1 aromatic rings. The van der Waals surface area contributed by atoms with E-state index in [2.05, 4.69) is 12.2 Å². The number of hydrogen-bond acceptors (Lipinski definition) is 3. The summed E-state index contributed by atoms with van der Waals surface area (Å²) >= 11 is 0. The van der Waals surface area contributed by atoms with E-state index in [1.807, 2.05) is 0 Å². The average molecular weight is 336 g/mol. The van der Waals surface area contributed by atoms with Gasteiger partial charge in [0.25, 0.3) is 0 Å². The molecule has 2 bridgehead atoms. The highest BCUT2D eigenvalue weighted by Crippen LogP contribution is 2.49. The van der Waals surface area contributed by atoms with Crippen molar-refractivity contribution in [2.24, 2.45) is 22.9 Å². The van der Waals surface area contributed by atoms with E-state index in [-0.39, 0.29) is 23.3 Å². The number of rotatable bonds is 5. The second kappa shape index (κ2) is 6.24. The number of benzene rings is 1. The topological polar surface area (TPSA) is 89.3 Å². The molecule has 4 atom stereocenters. The van der Waals surface area contributed by atoms with E-state index in [0.717, 1.165) is 17.4 Å². The number of hydrogen-bond donors (Lipinski definition) is 2. The summed E-state index contributed by atoms with van der Waals surface area (Å²) in [7, 11) is -3.68. The Labute approximate surface area is 137 Å². The summed E-state index contributed by atoms with van der Waals surface area (Å²) in [5.41, 5.74) is 0.787. The fraction of sp³-hybridized carbons (Fsp3) is 0.588. The molecule has 0 radical (unpaired) electrons. The smallest absolute Gasteiger partial charge is 0.238 e. The molecule has 6 heteroatoms. The van der Waals surface area contributed by atoms with Gasteiger partial charge in [-0.25, -0.2) is 13.6 Å². The average Bonchev–Trinajstić information content (AvgIpc) is 3.09. The lowest BCUT2D eigenvalue weighted by Crippen LogP contribution is -2.40. The molecule has 0 aliphatic heterocycles. The van der Waals surface area contributed by atoms with Gasteiger partial charge in [-0.3, -0.25) is 4.79 Å². The van der Waals surface area contributed by atoms with Crippen LogP contribution in [0.1, 0.15) is 38.2 Å². The van der Waals surface area contributed by atoms with Crippen molar-refractivity contribution in [3.8, 4) is 0 Å². The van der Waals surface area contributed by atoms with Gasteiger partial charge in [0.1, 0.15) is 0 Å². The first-order valence-corrected chi connectivity index (χ1v) is 9.78. The minimum absolute atomic E-state index is 0.0105. The molecule has 0 aromatic heterocycles. The maximum absolute atomic E-state index is 12.2. The largest absolute Gasteiger partial charge is 0.353 e. The van der Waals surface area contributed by atoms with Gasteiger partial charge in [0.05, 0.1) is 11.3 Å². The highest BCUT2D eigenvalue weighted by Gasteiger charge is 2.42. The summed E-state index contributed by atoms with van der Waals surface area (Å²) in [5, 5.41) is 8.18. The monoisotopic (exact) mass is 336 g/mol. The van der Waals surface area contributed by atoms with Gasteiger partial charge in [-0.05, 0) is 61.6 Å². The number of sulfonamides is 1. The van der Waals surface area contributed by atoms with Gasteiger partial charge < -0.3 is 5.32 Å². The molecule has 3 N–H and O–H groups in total. The van der Waals surface area contributed by atoms with E-state index in [4.69, 9.17) is 5.14 Å². The normalized spacial score (nSPS) is 27.8. The van der Waals surface area contributed by atoms with E-state index in [1.165, 1.54) is 37.8 Å². The van der Waals surface area contributed by atoms with Gasteiger partial charge >= 0.3 is 0 Å². The second-order valence-corrected chi connectivity index (χ2v) is 8.62. The lowest BCUT2D eigenvalue weighted by Gasteiger charge is -2.28. The minimum atomic E-state index is -3.68. The molecule has 0 heterocycles. The first-order chi connectivity index (χ1) is 10.8. The molecule has 126 valence electrons. The second-order valence-electron chi connectivity index (χ2n) is 7.06. The zero-order chi connectivity index (χ0) is 16.6. The molecule has 23 heavy (non-hydrogen) atoms. The van der Waals surface area contributed by atoms with Gasteiger partial charge in [0.2, 0.25) is 15.9 Å².